The van der Waals surface area contributed by atoms with Crippen LogP contribution in [0.25, 0.3) is 0 Å². The second-order valence-electron chi connectivity index (χ2n) is 6.13. The summed E-state index contributed by atoms with van der Waals surface area (Å²) in [5.74, 6) is -0.137. The number of carbonyl (C=O) groups excluding carboxylic acids is 1. The summed E-state index contributed by atoms with van der Waals surface area (Å²) in [5, 5.41) is 2.80. The predicted molar refractivity (Wildman–Crippen MR) is 103 cm³/mol. The van der Waals surface area contributed by atoms with E-state index >= 15 is 0 Å². The van der Waals surface area contributed by atoms with Crippen LogP contribution < -0.4 is 10.2 Å². The van der Waals surface area contributed by atoms with Gasteiger partial charge in [0.05, 0.1) is 0 Å². The van der Waals surface area contributed by atoms with Gasteiger partial charge < -0.3 is 10.2 Å². The van der Waals surface area contributed by atoms with Crippen molar-refractivity contribution in [1.29, 1.82) is 0 Å². The molecule has 1 aromatic heterocycles. The molecule has 1 amide bonds. The van der Waals surface area contributed by atoms with Gasteiger partial charge in [0.15, 0.2) is 0 Å². The van der Waals surface area contributed by atoms with Crippen LogP contribution in [-0.2, 0) is 6.54 Å². The molecule has 3 aromatic rings. The molecule has 1 N–H and O–H groups in total. The van der Waals surface area contributed by atoms with Gasteiger partial charge in [-0.1, -0.05) is 24.3 Å². The number of hydrogen-bond donors (Lipinski definition) is 1. The summed E-state index contributed by atoms with van der Waals surface area (Å²) in [4.78, 5) is 23.1. The number of nitrogens with one attached hydrogen (secondary N) is 1. The van der Waals surface area contributed by atoms with E-state index in [9.17, 15) is 9.18 Å². The fourth-order valence-electron chi connectivity index (χ4n) is 2.72. The van der Waals surface area contributed by atoms with E-state index < -0.39 is 0 Å². The van der Waals surface area contributed by atoms with Gasteiger partial charge in [-0.2, -0.15) is 0 Å². The Morgan fingerprint density at radius 3 is 2.63 bits per heavy atom. The van der Waals surface area contributed by atoms with Gasteiger partial charge in [-0.3, -0.25) is 4.79 Å². The molecule has 0 aliphatic heterocycles. The summed E-state index contributed by atoms with van der Waals surface area (Å²) in [5.41, 5.74) is 3.21. The Balaban J connectivity index is 1.75. The van der Waals surface area contributed by atoms with Crippen LogP contribution >= 0.6 is 0 Å². The fraction of sp³-hybridized carbons (Fsp3) is 0.190. The Morgan fingerprint density at radius 1 is 1.15 bits per heavy atom. The highest BCUT2D eigenvalue weighted by Crippen LogP contribution is 2.22. The van der Waals surface area contributed by atoms with Crippen LogP contribution in [0.4, 0.5) is 16.0 Å². The number of amides is 1. The number of hydrogen-bond acceptors (Lipinski definition) is 4. The van der Waals surface area contributed by atoms with E-state index in [1.54, 1.807) is 24.4 Å². The molecule has 0 spiro atoms. The number of benzene rings is 2. The van der Waals surface area contributed by atoms with Gasteiger partial charge >= 0.3 is 0 Å². The van der Waals surface area contributed by atoms with Crippen LogP contribution in [0.15, 0.2) is 60.8 Å². The maximum absolute atomic E-state index is 13.0. The molecule has 138 valence electrons. The first-order valence-electron chi connectivity index (χ1n) is 8.76. The maximum atomic E-state index is 13.0. The number of aryl methyl sites for hydroxylation is 1. The zero-order valence-electron chi connectivity index (χ0n) is 15.3. The van der Waals surface area contributed by atoms with Crippen molar-refractivity contribution in [1.82, 2.24) is 15.3 Å². The third-order valence-corrected chi connectivity index (χ3v) is 4.11. The molecule has 0 saturated heterocycles. The van der Waals surface area contributed by atoms with E-state index in [1.165, 1.54) is 12.1 Å². The maximum Gasteiger partial charge on any atom is 0.270 e. The topological polar surface area (TPSA) is 58.1 Å². The zero-order valence-corrected chi connectivity index (χ0v) is 15.3. The monoisotopic (exact) mass is 364 g/mol. The van der Waals surface area contributed by atoms with Crippen LogP contribution in [0.1, 0.15) is 28.5 Å². The third-order valence-electron chi connectivity index (χ3n) is 4.11. The van der Waals surface area contributed by atoms with Crippen molar-refractivity contribution in [3.8, 4) is 0 Å². The molecule has 27 heavy (non-hydrogen) atoms. The number of carbonyl (C=O) groups is 1. The van der Waals surface area contributed by atoms with Crippen LogP contribution in [0.5, 0.6) is 0 Å². The first kappa shape index (κ1) is 18.5. The first-order chi connectivity index (χ1) is 13.1. The van der Waals surface area contributed by atoms with E-state index in [2.05, 4.69) is 15.3 Å². The molecule has 0 atom stereocenters. The largest absolute Gasteiger partial charge is 0.347 e. The second-order valence-corrected chi connectivity index (χ2v) is 6.13. The number of aromatic nitrogens is 2. The van der Waals surface area contributed by atoms with Crippen molar-refractivity contribution < 1.29 is 9.18 Å². The summed E-state index contributed by atoms with van der Waals surface area (Å²) in [6.45, 7) is 5.00. The lowest BCUT2D eigenvalue weighted by atomic mass is 10.2. The number of rotatable bonds is 6. The minimum Gasteiger partial charge on any atom is -0.347 e. The highest BCUT2D eigenvalue weighted by Gasteiger charge is 2.14. The van der Waals surface area contributed by atoms with Crippen molar-refractivity contribution >= 4 is 17.5 Å². The van der Waals surface area contributed by atoms with Crippen molar-refractivity contribution in [3.63, 3.8) is 0 Å². The Bertz CT molecular complexity index is 927. The smallest absolute Gasteiger partial charge is 0.270 e. The number of anilines is 2. The van der Waals surface area contributed by atoms with Gasteiger partial charge in [0, 0.05) is 25.0 Å². The number of nitrogens with zero attached hydrogens (tertiary/aromatic N) is 3. The predicted octanol–water partition coefficient (Wildman–Crippen LogP) is 4.01. The first-order valence-corrected chi connectivity index (χ1v) is 8.76. The van der Waals surface area contributed by atoms with Crippen molar-refractivity contribution in [2.75, 3.05) is 11.4 Å². The molecule has 0 radical (unpaired) electrons. The van der Waals surface area contributed by atoms with Crippen molar-refractivity contribution in [3.05, 3.63) is 83.4 Å². The standard InChI is InChI=1S/C21H21FN4O/c1-3-26(18-6-4-5-15(2)13-18)21-23-12-11-19(25-21)20(27)24-14-16-7-9-17(22)10-8-16/h4-13H,3,14H2,1-2H3,(H,24,27). The molecule has 2 aromatic carbocycles. The summed E-state index contributed by atoms with van der Waals surface area (Å²) < 4.78 is 13.0. The van der Waals surface area contributed by atoms with Gasteiger partial charge in [0.1, 0.15) is 11.5 Å². The summed E-state index contributed by atoms with van der Waals surface area (Å²) in [6, 6.07) is 15.6. The Hall–Kier alpha value is -3.28. The Morgan fingerprint density at radius 2 is 1.93 bits per heavy atom. The lowest BCUT2D eigenvalue weighted by Crippen LogP contribution is -2.25. The van der Waals surface area contributed by atoms with Gasteiger partial charge in [-0.05, 0) is 55.3 Å². The molecule has 5 nitrogen and oxygen atoms in total. The van der Waals surface area contributed by atoms with E-state index in [1.807, 2.05) is 43.0 Å². The van der Waals surface area contributed by atoms with E-state index in [0.717, 1.165) is 16.8 Å². The quantitative estimate of drug-likeness (QED) is 0.718. The van der Waals surface area contributed by atoms with Gasteiger partial charge in [-0.15, -0.1) is 0 Å². The lowest BCUT2D eigenvalue weighted by Gasteiger charge is -2.21. The average molecular weight is 364 g/mol. The molecule has 0 fully saturated rings. The zero-order chi connectivity index (χ0) is 19.2. The van der Waals surface area contributed by atoms with E-state index in [4.69, 9.17) is 0 Å². The van der Waals surface area contributed by atoms with Crippen LogP contribution in [0.2, 0.25) is 0 Å². The molecule has 0 aliphatic carbocycles. The molecule has 3 rings (SSSR count). The highest BCUT2D eigenvalue weighted by molar-refractivity contribution is 5.92. The summed E-state index contributed by atoms with van der Waals surface area (Å²) in [6.07, 6.45) is 1.58. The molecular formula is C21H21FN4O. The van der Waals surface area contributed by atoms with Crippen LogP contribution in [0.3, 0.4) is 0 Å². The van der Waals surface area contributed by atoms with Crippen LogP contribution in [0, 0.1) is 12.7 Å². The van der Waals surface area contributed by atoms with Gasteiger partial charge in [0.2, 0.25) is 5.95 Å². The molecule has 1 heterocycles. The molecule has 6 heteroatoms. The molecule has 0 saturated carbocycles. The molecular weight excluding hydrogens is 343 g/mol. The van der Waals surface area contributed by atoms with Crippen molar-refractivity contribution in [2.24, 2.45) is 0 Å². The lowest BCUT2D eigenvalue weighted by molar-refractivity contribution is 0.0946. The average Bonchev–Trinajstić information content (AvgIpc) is 2.68. The third kappa shape index (κ3) is 4.67. The summed E-state index contributed by atoms with van der Waals surface area (Å²) >= 11 is 0. The second kappa shape index (κ2) is 8.40. The minimum absolute atomic E-state index is 0.285. The number of halogens is 1. The normalized spacial score (nSPS) is 10.5. The van der Waals surface area contributed by atoms with Gasteiger partial charge in [0.25, 0.3) is 5.91 Å². The molecule has 0 aliphatic rings. The fourth-order valence-corrected chi connectivity index (χ4v) is 2.72. The summed E-state index contributed by atoms with van der Waals surface area (Å²) in [7, 11) is 0. The molecule has 0 bridgehead atoms. The Kier molecular flexibility index (Phi) is 5.76. The van der Waals surface area contributed by atoms with E-state index in [-0.39, 0.29) is 17.4 Å². The van der Waals surface area contributed by atoms with Gasteiger partial charge in [-0.25, -0.2) is 14.4 Å². The molecule has 0 unspecified atom stereocenters. The SMILES string of the molecule is CCN(c1cccc(C)c1)c1nccc(C(=O)NCc2ccc(F)cc2)n1. The van der Waals surface area contributed by atoms with Crippen molar-refractivity contribution in [2.45, 2.75) is 20.4 Å². The Labute approximate surface area is 157 Å². The van der Waals surface area contributed by atoms with E-state index in [0.29, 0.717) is 19.0 Å². The van der Waals surface area contributed by atoms with Crippen LogP contribution in [-0.4, -0.2) is 22.4 Å². The minimum atomic E-state index is -0.304. The highest BCUT2D eigenvalue weighted by atomic mass is 19.1.